The van der Waals surface area contributed by atoms with Crippen LogP contribution >= 0.6 is 23.1 Å². The number of thioether (sulfide) groups is 1. The van der Waals surface area contributed by atoms with Gasteiger partial charge in [0.2, 0.25) is 5.91 Å². The van der Waals surface area contributed by atoms with Crippen LogP contribution in [0.4, 0.5) is 4.79 Å². The second-order valence-corrected chi connectivity index (χ2v) is 9.26. The van der Waals surface area contributed by atoms with Crippen LogP contribution in [0.2, 0.25) is 0 Å². The van der Waals surface area contributed by atoms with E-state index in [-0.39, 0.29) is 23.7 Å². The molecule has 2 N–H and O–H groups in total. The van der Waals surface area contributed by atoms with Crippen LogP contribution in [0.25, 0.3) is 10.2 Å². The lowest BCUT2D eigenvalue weighted by molar-refractivity contribution is -0.117. The van der Waals surface area contributed by atoms with E-state index in [1.807, 2.05) is 0 Å². The van der Waals surface area contributed by atoms with Gasteiger partial charge in [-0.15, -0.1) is 11.3 Å². The first-order chi connectivity index (χ1) is 13.2. The number of thiophene rings is 1. The van der Waals surface area contributed by atoms with Crippen molar-refractivity contribution >= 4 is 45.3 Å². The molecule has 8 heteroatoms. The summed E-state index contributed by atoms with van der Waals surface area (Å²) in [7, 11) is 0. The standard InChI is InChI=1S/C19H24N4O2S2/c24-15(23-19(25)22-12-6-2-1-3-7-12)10-26-17-16-13-8-4-5-9-14(13)27-18(16)21-11-20-17/h11-12H,1-10H2,(H2,22,23,24,25). The lowest BCUT2D eigenvalue weighted by Gasteiger charge is -2.22. The molecule has 0 aliphatic heterocycles. The topological polar surface area (TPSA) is 84.0 Å². The molecule has 0 saturated heterocycles. The van der Waals surface area contributed by atoms with Crippen molar-refractivity contribution in [1.29, 1.82) is 0 Å². The molecule has 2 aromatic rings. The van der Waals surface area contributed by atoms with Crippen LogP contribution in [0, 0.1) is 0 Å². The normalized spacial score (nSPS) is 17.5. The summed E-state index contributed by atoms with van der Waals surface area (Å²) in [6, 6.07) is -0.189. The molecular weight excluding hydrogens is 380 g/mol. The molecule has 0 atom stereocenters. The highest BCUT2D eigenvalue weighted by Crippen LogP contribution is 2.39. The van der Waals surface area contributed by atoms with E-state index >= 15 is 0 Å². The van der Waals surface area contributed by atoms with Crippen molar-refractivity contribution in [3.8, 4) is 0 Å². The van der Waals surface area contributed by atoms with Gasteiger partial charge >= 0.3 is 6.03 Å². The van der Waals surface area contributed by atoms with E-state index in [0.717, 1.165) is 53.8 Å². The maximum Gasteiger partial charge on any atom is 0.321 e. The molecule has 4 rings (SSSR count). The van der Waals surface area contributed by atoms with Crippen LogP contribution in [-0.4, -0.2) is 33.7 Å². The van der Waals surface area contributed by atoms with Crippen LogP contribution in [0.1, 0.15) is 55.4 Å². The zero-order valence-corrected chi connectivity index (χ0v) is 16.9. The van der Waals surface area contributed by atoms with Gasteiger partial charge in [0.1, 0.15) is 16.2 Å². The van der Waals surface area contributed by atoms with Crippen molar-refractivity contribution in [3.63, 3.8) is 0 Å². The van der Waals surface area contributed by atoms with Gasteiger partial charge in [-0.1, -0.05) is 31.0 Å². The molecule has 0 bridgehead atoms. The fourth-order valence-electron chi connectivity index (χ4n) is 3.94. The highest BCUT2D eigenvalue weighted by molar-refractivity contribution is 8.00. The van der Waals surface area contributed by atoms with Crippen molar-refractivity contribution < 1.29 is 9.59 Å². The molecule has 144 valence electrons. The number of hydrogen-bond donors (Lipinski definition) is 2. The van der Waals surface area contributed by atoms with Gasteiger partial charge in [-0.25, -0.2) is 14.8 Å². The Morgan fingerprint density at radius 3 is 2.78 bits per heavy atom. The van der Waals surface area contributed by atoms with E-state index in [4.69, 9.17) is 0 Å². The van der Waals surface area contributed by atoms with Crippen molar-refractivity contribution in [2.45, 2.75) is 68.9 Å². The Morgan fingerprint density at radius 1 is 1.11 bits per heavy atom. The molecule has 2 heterocycles. The largest absolute Gasteiger partial charge is 0.335 e. The fourth-order valence-corrected chi connectivity index (χ4v) is 6.06. The van der Waals surface area contributed by atoms with Crippen LogP contribution in [0.5, 0.6) is 0 Å². The monoisotopic (exact) mass is 404 g/mol. The number of fused-ring (bicyclic) bond motifs is 3. The van der Waals surface area contributed by atoms with Gasteiger partial charge in [-0.2, -0.15) is 0 Å². The minimum absolute atomic E-state index is 0.175. The molecule has 3 amide bonds. The van der Waals surface area contributed by atoms with E-state index in [1.54, 1.807) is 17.7 Å². The van der Waals surface area contributed by atoms with Crippen molar-refractivity contribution in [3.05, 3.63) is 16.8 Å². The molecule has 0 aromatic carbocycles. The third-order valence-electron chi connectivity index (χ3n) is 5.25. The number of hydrogen-bond acceptors (Lipinski definition) is 6. The van der Waals surface area contributed by atoms with Gasteiger partial charge in [0.25, 0.3) is 0 Å². The Kier molecular flexibility index (Phi) is 5.92. The first kappa shape index (κ1) is 18.7. The van der Waals surface area contributed by atoms with Crippen molar-refractivity contribution in [2.24, 2.45) is 0 Å². The zero-order chi connectivity index (χ0) is 18.6. The average Bonchev–Trinajstić information content (AvgIpc) is 3.06. The number of rotatable bonds is 4. The third-order valence-corrected chi connectivity index (χ3v) is 7.44. The molecule has 0 spiro atoms. The molecule has 2 aromatic heterocycles. The van der Waals surface area contributed by atoms with Crippen LogP contribution in [0.15, 0.2) is 11.4 Å². The number of carbonyl (C=O) groups is 2. The summed E-state index contributed by atoms with van der Waals surface area (Å²) in [6.45, 7) is 0. The van der Waals surface area contributed by atoms with Gasteiger partial charge in [0.15, 0.2) is 0 Å². The van der Waals surface area contributed by atoms with E-state index < -0.39 is 0 Å². The van der Waals surface area contributed by atoms with Gasteiger partial charge in [0.05, 0.1) is 5.75 Å². The second-order valence-electron chi connectivity index (χ2n) is 7.22. The Balaban J connectivity index is 1.36. The number of amides is 3. The van der Waals surface area contributed by atoms with Crippen LogP contribution in [0.3, 0.4) is 0 Å². The summed E-state index contributed by atoms with van der Waals surface area (Å²) in [5.41, 5.74) is 1.36. The Hall–Kier alpha value is -1.67. The highest BCUT2D eigenvalue weighted by atomic mass is 32.2. The summed E-state index contributed by atoms with van der Waals surface area (Å²) in [5, 5.41) is 7.32. The predicted octanol–water partition coefficient (Wildman–Crippen LogP) is 3.82. The lowest BCUT2D eigenvalue weighted by atomic mass is 9.96. The molecular formula is C19H24N4O2S2. The number of urea groups is 1. The first-order valence-corrected chi connectivity index (χ1v) is 11.5. The number of imide groups is 1. The number of aromatic nitrogens is 2. The van der Waals surface area contributed by atoms with Gasteiger partial charge < -0.3 is 5.32 Å². The molecule has 27 heavy (non-hydrogen) atoms. The SMILES string of the molecule is O=C(CSc1ncnc2sc3c(c12)CCCC3)NC(=O)NC1CCCCC1. The smallest absolute Gasteiger partial charge is 0.321 e. The lowest BCUT2D eigenvalue weighted by Crippen LogP contribution is -2.45. The van der Waals surface area contributed by atoms with Crippen LogP contribution in [-0.2, 0) is 17.6 Å². The van der Waals surface area contributed by atoms with Gasteiger partial charge in [-0.3, -0.25) is 10.1 Å². The molecule has 0 unspecified atom stereocenters. The Bertz CT molecular complexity index is 846. The number of carbonyl (C=O) groups excluding carboxylic acids is 2. The first-order valence-electron chi connectivity index (χ1n) is 9.69. The van der Waals surface area contributed by atoms with E-state index in [9.17, 15) is 9.59 Å². The summed E-state index contributed by atoms with van der Waals surface area (Å²) in [6.07, 6.45) is 11.7. The summed E-state index contributed by atoms with van der Waals surface area (Å²) < 4.78 is 0. The molecule has 1 fully saturated rings. The molecule has 6 nitrogen and oxygen atoms in total. The molecule has 2 aliphatic rings. The second kappa shape index (κ2) is 8.56. The molecule has 0 radical (unpaired) electrons. The number of nitrogens with one attached hydrogen (secondary N) is 2. The summed E-state index contributed by atoms with van der Waals surface area (Å²) in [5.74, 6) is -0.112. The summed E-state index contributed by atoms with van der Waals surface area (Å²) >= 11 is 3.14. The average molecular weight is 405 g/mol. The maximum atomic E-state index is 12.2. The summed E-state index contributed by atoms with van der Waals surface area (Å²) in [4.78, 5) is 35.5. The van der Waals surface area contributed by atoms with Gasteiger partial charge in [0, 0.05) is 16.3 Å². The number of nitrogens with zero attached hydrogens (tertiary/aromatic N) is 2. The Morgan fingerprint density at radius 2 is 1.93 bits per heavy atom. The van der Waals surface area contributed by atoms with Crippen molar-refractivity contribution in [1.82, 2.24) is 20.6 Å². The van der Waals surface area contributed by atoms with Crippen LogP contribution < -0.4 is 10.6 Å². The Labute approximate surface area is 166 Å². The fraction of sp³-hybridized carbons (Fsp3) is 0.579. The van der Waals surface area contributed by atoms with Crippen molar-refractivity contribution in [2.75, 3.05) is 5.75 Å². The number of aryl methyl sites for hydroxylation is 2. The third kappa shape index (κ3) is 4.43. The predicted molar refractivity (Wildman–Crippen MR) is 108 cm³/mol. The minimum atomic E-state index is -0.381. The van der Waals surface area contributed by atoms with E-state index in [0.29, 0.717) is 0 Å². The highest BCUT2D eigenvalue weighted by Gasteiger charge is 2.21. The van der Waals surface area contributed by atoms with E-state index in [2.05, 4.69) is 20.6 Å². The zero-order valence-electron chi connectivity index (χ0n) is 15.3. The molecule has 1 saturated carbocycles. The van der Waals surface area contributed by atoms with Gasteiger partial charge in [-0.05, 0) is 44.1 Å². The van der Waals surface area contributed by atoms with E-state index in [1.165, 1.54) is 41.5 Å². The maximum absolute atomic E-state index is 12.2. The minimum Gasteiger partial charge on any atom is -0.335 e. The quantitative estimate of drug-likeness (QED) is 0.598. The molecule has 2 aliphatic carbocycles.